The van der Waals surface area contributed by atoms with Crippen LogP contribution in [0.2, 0.25) is 0 Å². The molecule has 0 spiro atoms. The fourth-order valence-corrected chi connectivity index (χ4v) is 1.60. The average Bonchev–Trinajstić information content (AvgIpc) is 2.04. The van der Waals surface area contributed by atoms with Crippen LogP contribution in [0.15, 0.2) is 29.4 Å². The Morgan fingerprint density at radius 3 is 2.64 bits per heavy atom. The van der Waals surface area contributed by atoms with Gasteiger partial charge in [-0.05, 0) is 35.6 Å². The molecule has 0 fully saturated rings. The monoisotopic (exact) mass is 260 g/mol. The summed E-state index contributed by atoms with van der Waals surface area (Å²) in [7, 11) is 0. The second-order valence-electron chi connectivity index (χ2n) is 2.19. The smallest absolute Gasteiger partial charge is 0.0652 e. The number of rotatable bonds is 1. The van der Waals surface area contributed by atoms with Crippen LogP contribution in [0.4, 0.5) is 0 Å². The van der Waals surface area contributed by atoms with E-state index in [0.717, 1.165) is 11.3 Å². The van der Waals surface area contributed by atoms with E-state index in [1.807, 2.05) is 31.2 Å². The summed E-state index contributed by atoms with van der Waals surface area (Å²) in [6, 6.07) is 8.01. The molecule has 0 aliphatic carbocycles. The lowest BCUT2D eigenvalue weighted by Crippen LogP contribution is -2.00. The normalized spacial score (nSPS) is 11.6. The predicted octanol–water partition coefficient (Wildman–Crippen LogP) is 1.97. The SMILES string of the molecule is C/C(=N\N)c1ccccc1I. The lowest BCUT2D eigenvalue weighted by molar-refractivity contribution is 1.23. The first-order chi connectivity index (χ1) is 5.25. The molecule has 0 heterocycles. The molecule has 11 heavy (non-hydrogen) atoms. The van der Waals surface area contributed by atoms with Gasteiger partial charge in [0.2, 0.25) is 0 Å². The summed E-state index contributed by atoms with van der Waals surface area (Å²) in [6.45, 7) is 1.90. The number of hydrazone groups is 1. The molecule has 0 bridgehead atoms. The molecule has 1 aromatic carbocycles. The minimum atomic E-state index is 0.870. The van der Waals surface area contributed by atoms with Gasteiger partial charge >= 0.3 is 0 Å². The summed E-state index contributed by atoms with van der Waals surface area (Å²) in [5.74, 6) is 5.16. The van der Waals surface area contributed by atoms with E-state index in [9.17, 15) is 0 Å². The first-order valence-electron chi connectivity index (χ1n) is 3.25. The quantitative estimate of drug-likeness (QED) is 0.356. The van der Waals surface area contributed by atoms with Crippen LogP contribution in [0.1, 0.15) is 12.5 Å². The Kier molecular flexibility index (Phi) is 2.87. The lowest BCUT2D eigenvalue weighted by atomic mass is 10.1. The Morgan fingerprint density at radius 2 is 2.09 bits per heavy atom. The zero-order valence-electron chi connectivity index (χ0n) is 6.21. The highest BCUT2D eigenvalue weighted by molar-refractivity contribution is 14.1. The highest BCUT2D eigenvalue weighted by Crippen LogP contribution is 2.11. The molecule has 1 rings (SSSR count). The van der Waals surface area contributed by atoms with Crippen molar-refractivity contribution in [1.82, 2.24) is 0 Å². The van der Waals surface area contributed by atoms with Crippen LogP contribution in [-0.4, -0.2) is 5.71 Å². The molecule has 0 aromatic heterocycles. The third-order valence-corrected chi connectivity index (χ3v) is 2.40. The van der Waals surface area contributed by atoms with Crippen molar-refractivity contribution in [2.75, 3.05) is 0 Å². The number of halogens is 1. The third-order valence-electron chi connectivity index (χ3n) is 1.46. The second kappa shape index (κ2) is 3.71. The van der Waals surface area contributed by atoms with Crippen molar-refractivity contribution in [3.63, 3.8) is 0 Å². The number of hydrogen-bond donors (Lipinski definition) is 1. The van der Waals surface area contributed by atoms with Crippen LogP contribution in [0.25, 0.3) is 0 Å². The number of hydrogen-bond acceptors (Lipinski definition) is 2. The average molecular weight is 260 g/mol. The first kappa shape index (κ1) is 8.52. The summed E-state index contributed by atoms with van der Waals surface area (Å²) >= 11 is 2.26. The Hall–Kier alpha value is -0.580. The van der Waals surface area contributed by atoms with Gasteiger partial charge in [-0.2, -0.15) is 5.10 Å². The highest BCUT2D eigenvalue weighted by atomic mass is 127. The number of nitrogens with zero attached hydrogens (tertiary/aromatic N) is 1. The van der Waals surface area contributed by atoms with Crippen LogP contribution in [-0.2, 0) is 0 Å². The molecule has 0 radical (unpaired) electrons. The van der Waals surface area contributed by atoms with Crippen LogP contribution in [0.3, 0.4) is 0 Å². The summed E-state index contributed by atoms with van der Waals surface area (Å²) in [6.07, 6.45) is 0. The fraction of sp³-hybridized carbons (Fsp3) is 0.125. The largest absolute Gasteiger partial charge is 0.323 e. The molecule has 0 atom stereocenters. The first-order valence-corrected chi connectivity index (χ1v) is 4.33. The van der Waals surface area contributed by atoms with Crippen molar-refractivity contribution in [1.29, 1.82) is 0 Å². The maximum Gasteiger partial charge on any atom is 0.0652 e. The molecule has 2 nitrogen and oxygen atoms in total. The van der Waals surface area contributed by atoms with Crippen molar-refractivity contribution >= 4 is 28.3 Å². The Morgan fingerprint density at radius 1 is 1.45 bits per heavy atom. The molecule has 0 saturated carbocycles. The maximum absolute atomic E-state index is 5.16. The molecule has 0 aliphatic heterocycles. The van der Waals surface area contributed by atoms with Crippen LogP contribution >= 0.6 is 22.6 Å². The van der Waals surface area contributed by atoms with Gasteiger partial charge in [-0.25, -0.2) is 0 Å². The molecule has 0 unspecified atom stereocenters. The lowest BCUT2D eigenvalue weighted by Gasteiger charge is -2.00. The molecule has 58 valence electrons. The van der Waals surface area contributed by atoms with Gasteiger partial charge in [0.1, 0.15) is 0 Å². The number of benzene rings is 1. The van der Waals surface area contributed by atoms with Crippen molar-refractivity contribution in [2.24, 2.45) is 10.9 Å². The number of nitrogens with two attached hydrogens (primary N) is 1. The molecule has 1 aromatic rings. The van der Waals surface area contributed by atoms with E-state index < -0.39 is 0 Å². The van der Waals surface area contributed by atoms with E-state index in [4.69, 9.17) is 5.84 Å². The van der Waals surface area contributed by atoms with E-state index in [1.54, 1.807) is 0 Å². The van der Waals surface area contributed by atoms with Gasteiger partial charge in [0.25, 0.3) is 0 Å². The maximum atomic E-state index is 5.16. The van der Waals surface area contributed by atoms with Gasteiger partial charge in [-0.1, -0.05) is 18.2 Å². The zero-order chi connectivity index (χ0) is 8.27. The van der Waals surface area contributed by atoms with Gasteiger partial charge in [0.05, 0.1) is 5.71 Å². The van der Waals surface area contributed by atoms with Crippen LogP contribution < -0.4 is 5.84 Å². The highest BCUT2D eigenvalue weighted by Gasteiger charge is 1.99. The second-order valence-corrected chi connectivity index (χ2v) is 3.36. The summed E-state index contributed by atoms with van der Waals surface area (Å²) in [5.41, 5.74) is 1.98. The zero-order valence-corrected chi connectivity index (χ0v) is 8.37. The van der Waals surface area contributed by atoms with Gasteiger partial charge in [-0.15, -0.1) is 0 Å². The van der Waals surface area contributed by atoms with Crippen LogP contribution in [0.5, 0.6) is 0 Å². The van der Waals surface area contributed by atoms with Crippen molar-refractivity contribution in [3.8, 4) is 0 Å². The van der Waals surface area contributed by atoms with E-state index in [-0.39, 0.29) is 0 Å². The minimum absolute atomic E-state index is 0.870. The predicted molar refractivity (Wildman–Crippen MR) is 55.6 cm³/mol. The standard InChI is InChI=1S/C8H9IN2/c1-6(11-10)7-4-2-3-5-8(7)9/h2-5H,10H2,1H3/b11-6+. The van der Waals surface area contributed by atoms with E-state index in [0.29, 0.717) is 0 Å². The summed E-state index contributed by atoms with van der Waals surface area (Å²) < 4.78 is 1.18. The Balaban J connectivity index is 3.14. The van der Waals surface area contributed by atoms with Gasteiger partial charge in [0, 0.05) is 9.13 Å². The molecular formula is C8H9IN2. The summed E-state index contributed by atoms with van der Waals surface area (Å²) in [4.78, 5) is 0. The van der Waals surface area contributed by atoms with Gasteiger partial charge < -0.3 is 5.84 Å². The van der Waals surface area contributed by atoms with E-state index in [1.165, 1.54) is 3.57 Å². The topological polar surface area (TPSA) is 38.4 Å². The summed E-state index contributed by atoms with van der Waals surface area (Å²) in [5, 5.41) is 3.63. The molecule has 0 saturated heterocycles. The molecule has 0 amide bonds. The van der Waals surface area contributed by atoms with Gasteiger partial charge in [-0.3, -0.25) is 0 Å². The Bertz CT molecular complexity index is 281. The van der Waals surface area contributed by atoms with Crippen molar-refractivity contribution in [2.45, 2.75) is 6.92 Å². The fourth-order valence-electron chi connectivity index (χ4n) is 0.824. The minimum Gasteiger partial charge on any atom is -0.323 e. The molecule has 2 N–H and O–H groups in total. The third kappa shape index (κ3) is 1.92. The molecule has 0 aliphatic rings. The Labute approximate surface area is 79.6 Å². The van der Waals surface area contributed by atoms with Crippen molar-refractivity contribution in [3.05, 3.63) is 33.4 Å². The van der Waals surface area contributed by atoms with E-state index >= 15 is 0 Å². The van der Waals surface area contributed by atoms with Crippen LogP contribution in [0, 0.1) is 3.57 Å². The van der Waals surface area contributed by atoms with Crippen molar-refractivity contribution < 1.29 is 0 Å². The molecule has 3 heteroatoms. The molecular weight excluding hydrogens is 251 g/mol. The van der Waals surface area contributed by atoms with E-state index in [2.05, 4.69) is 27.7 Å². The van der Waals surface area contributed by atoms with Gasteiger partial charge in [0.15, 0.2) is 0 Å².